The molecular formula is C18H15BrFN3O. The molecule has 0 radical (unpaired) electrons. The van der Waals surface area contributed by atoms with E-state index in [2.05, 4.69) is 26.3 Å². The monoisotopic (exact) mass is 387 g/mol. The first-order valence-corrected chi connectivity index (χ1v) is 8.16. The lowest BCUT2D eigenvalue weighted by Gasteiger charge is -2.04. The number of rotatable bonds is 4. The fourth-order valence-corrected chi connectivity index (χ4v) is 2.74. The zero-order valence-electron chi connectivity index (χ0n) is 13.0. The largest absolute Gasteiger partial charge is 0.304 e. The maximum Gasteiger partial charge on any atom is 0.256 e. The Balaban J connectivity index is 1.77. The van der Waals surface area contributed by atoms with Gasteiger partial charge in [-0.15, -0.1) is 0 Å². The van der Waals surface area contributed by atoms with Gasteiger partial charge in [0.15, 0.2) is 5.82 Å². The van der Waals surface area contributed by atoms with E-state index >= 15 is 0 Å². The molecule has 0 bridgehead atoms. The molecule has 122 valence electrons. The summed E-state index contributed by atoms with van der Waals surface area (Å²) < 4.78 is 15.9. The topological polar surface area (TPSA) is 46.9 Å². The molecule has 0 spiro atoms. The van der Waals surface area contributed by atoms with Crippen LogP contribution in [0, 0.1) is 12.7 Å². The van der Waals surface area contributed by atoms with Crippen LogP contribution in [0.2, 0.25) is 0 Å². The summed E-state index contributed by atoms with van der Waals surface area (Å²) in [5.41, 5.74) is 2.10. The molecule has 0 fully saturated rings. The second-order valence-corrected chi connectivity index (χ2v) is 6.29. The maximum atomic E-state index is 13.7. The number of aromatic nitrogens is 2. The number of amides is 1. The van der Waals surface area contributed by atoms with Gasteiger partial charge in [0.1, 0.15) is 5.82 Å². The van der Waals surface area contributed by atoms with Crippen molar-refractivity contribution in [2.24, 2.45) is 0 Å². The molecule has 4 nitrogen and oxygen atoms in total. The molecule has 2 aromatic carbocycles. The van der Waals surface area contributed by atoms with E-state index in [-0.39, 0.29) is 18.3 Å². The Bertz CT molecular complexity index is 891. The Morgan fingerprint density at radius 3 is 2.79 bits per heavy atom. The zero-order valence-corrected chi connectivity index (χ0v) is 14.5. The third kappa shape index (κ3) is 3.71. The average molecular weight is 388 g/mol. The van der Waals surface area contributed by atoms with Gasteiger partial charge >= 0.3 is 0 Å². The third-order valence-corrected chi connectivity index (χ3v) is 4.10. The highest BCUT2D eigenvalue weighted by atomic mass is 79.9. The Hall–Kier alpha value is -2.47. The van der Waals surface area contributed by atoms with E-state index in [9.17, 15) is 9.18 Å². The first kappa shape index (κ1) is 16.4. The van der Waals surface area contributed by atoms with E-state index in [1.165, 1.54) is 6.07 Å². The molecule has 0 unspecified atom stereocenters. The molecule has 0 aliphatic heterocycles. The predicted molar refractivity (Wildman–Crippen MR) is 94.6 cm³/mol. The third-order valence-electron chi connectivity index (χ3n) is 3.52. The van der Waals surface area contributed by atoms with Crippen molar-refractivity contribution in [3.05, 3.63) is 81.7 Å². The predicted octanol–water partition coefficient (Wildman–Crippen LogP) is 4.39. The Morgan fingerprint density at radius 2 is 2.04 bits per heavy atom. The number of carbonyl (C=O) groups excluding carboxylic acids is 1. The smallest absolute Gasteiger partial charge is 0.256 e. The van der Waals surface area contributed by atoms with Crippen molar-refractivity contribution < 1.29 is 9.18 Å². The van der Waals surface area contributed by atoms with E-state index in [4.69, 9.17) is 0 Å². The Morgan fingerprint density at radius 1 is 1.25 bits per heavy atom. The van der Waals surface area contributed by atoms with Crippen LogP contribution in [0.25, 0.3) is 0 Å². The molecule has 0 saturated heterocycles. The lowest BCUT2D eigenvalue weighted by molar-refractivity contribution is 0.102. The highest BCUT2D eigenvalue weighted by Gasteiger charge is 2.13. The molecule has 3 aromatic rings. The summed E-state index contributed by atoms with van der Waals surface area (Å²) in [6.45, 7) is 2.21. The molecule has 24 heavy (non-hydrogen) atoms. The normalized spacial score (nSPS) is 10.6. The van der Waals surface area contributed by atoms with Gasteiger partial charge in [0.05, 0.1) is 11.0 Å². The van der Waals surface area contributed by atoms with E-state index in [1.807, 2.05) is 19.1 Å². The number of benzene rings is 2. The molecule has 0 saturated carbocycles. The summed E-state index contributed by atoms with van der Waals surface area (Å²) >= 11 is 3.37. The van der Waals surface area contributed by atoms with Crippen LogP contribution in [0.15, 0.2) is 59.2 Å². The molecule has 0 atom stereocenters. The molecule has 3 rings (SSSR count). The van der Waals surface area contributed by atoms with Gasteiger partial charge in [0.25, 0.3) is 5.91 Å². The van der Waals surface area contributed by atoms with Crippen LogP contribution in [-0.2, 0) is 6.54 Å². The van der Waals surface area contributed by atoms with Crippen LogP contribution in [0.5, 0.6) is 0 Å². The van der Waals surface area contributed by atoms with Crippen molar-refractivity contribution in [2.45, 2.75) is 13.5 Å². The number of anilines is 1. The van der Waals surface area contributed by atoms with Crippen LogP contribution in [0.4, 0.5) is 10.2 Å². The summed E-state index contributed by atoms with van der Waals surface area (Å²) in [7, 11) is 0. The fraction of sp³-hybridized carbons (Fsp3) is 0.111. The molecule has 0 aliphatic rings. The summed E-state index contributed by atoms with van der Waals surface area (Å²) in [5.74, 6) is -0.122. The molecule has 1 N–H and O–H groups in total. The zero-order chi connectivity index (χ0) is 17.1. The number of hydrogen-bond acceptors (Lipinski definition) is 2. The summed E-state index contributed by atoms with van der Waals surface area (Å²) in [6.07, 6.45) is 1.71. The van der Waals surface area contributed by atoms with E-state index in [1.54, 1.807) is 41.2 Å². The van der Waals surface area contributed by atoms with E-state index in [0.717, 1.165) is 5.56 Å². The summed E-state index contributed by atoms with van der Waals surface area (Å²) in [6, 6.07) is 13.8. The second kappa shape index (κ2) is 6.97. The van der Waals surface area contributed by atoms with Crippen molar-refractivity contribution in [1.29, 1.82) is 0 Å². The number of hydrogen-bond donors (Lipinski definition) is 1. The van der Waals surface area contributed by atoms with Gasteiger partial charge in [-0.2, -0.15) is 5.10 Å². The second-order valence-electron chi connectivity index (χ2n) is 5.44. The molecule has 6 heteroatoms. The molecule has 1 amide bonds. The quantitative estimate of drug-likeness (QED) is 0.721. The van der Waals surface area contributed by atoms with Gasteiger partial charge in [0.2, 0.25) is 0 Å². The van der Waals surface area contributed by atoms with Gasteiger partial charge in [-0.25, -0.2) is 4.39 Å². The fourth-order valence-electron chi connectivity index (χ4n) is 2.33. The lowest BCUT2D eigenvalue weighted by atomic mass is 10.1. The number of carbonyl (C=O) groups is 1. The minimum atomic E-state index is -0.283. The van der Waals surface area contributed by atoms with Crippen molar-refractivity contribution in [1.82, 2.24) is 9.78 Å². The van der Waals surface area contributed by atoms with Gasteiger partial charge in [-0.1, -0.05) is 35.9 Å². The van der Waals surface area contributed by atoms with Crippen molar-refractivity contribution >= 4 is 27.7 Å². The molecule has 1 aromatic heterocycles. The molecular weight excluding hydrogens is 373 g/mol. The van der Waals surface area contributed by atoms with Crippen LogP contribution in [0.1, 0.15) is 21.5 Å². The van der Waals surface area contributed by atoms with Gasteiger partial charge in [-0.05, 0) is 41.1 Å². The van der Waals surface area contributed by atoms with Crippen molar-refractivity contribution in [3.8, 4) is 0 Å². The Labute approximate surface area is 147 Å². The minimum absolute atomic E-state index is 0.240. The van der Waals surface area contributed by atoms with E-state index < -0.39 is 0 Å². The van der Waals surface area contributed by atoms with Crippen LogP contribution in [0.3, 0.4) is 0 Å². The van der Waals surface area contributed by atoms with Crippen molar-refractivity contribution in [3.63, 3.8) is 0 Å². The highest BCUT2D eigenvalue weighted by Crippen LogP contribution is 2.22. The summed E-state index contributed by atoms with van der Waals surface area (Å²) in [5, 5.41) is 7.07. The highest BCUT2D eigenvalue weighted by molar-refractivity contribution is 9.10. The van der Waals surface area contributed by atoms with Crippen LogP contribution >= 0.6 is 15.9 Å². The molecule has 1 heterocycles. The van der Waals surface area contributed by atoms with Gasteiger partial charge in [0, 0.05) is 17.3 Å². The van der Waals surface area contributed by atoms with E-state index in [0.29, 0.717) is 21.4 Å². The minimum Gasteiger partial charge on any atom is -0.304 e. The van der Waals surface area contributed by atoms with Gasteiger partial charge < -0.3 is 5.32 Å². The standard InChI is InChI=1S/C18H15BrFN3O/c1-12-5-4-7-13(9-12)18(24)21-17-15(19)11-23(22-17)10-14-6-2-3-8-16(14)20/h2-9,11H,10H2,1H3,(H,21,22,24). The number of nitrogens with zero attached hydrogens (tertiary/aromatic N) is 2. The maximum absolute atomic E-state index is 13.7. The first-order chi connectivity index (χ1) is 11.5. The average Bonchev–Trinajstić information content (AvgIpc) is 2.89. The number of nitrogens with one attached hydrogen (secondary N) is 1. The van der Waals surface area contributed by atoms with Crippen LogP contribution in [-0.4, -0.2) is 15.7 Å². The molecule has 0 aliphatic carbocycles. The first-order valence-electron chi connectivity index (χ1n) is 7.37. The Kier molecular flexibility index (Phi) is 4.76. The SMILES string of the molecule is Cc1cccc(C(=O)Nc2nn(Cc3ccccc3F)cc2Br)c1. The number of halogens is 2. The summed E-state index contributed by atoms with van der Waals surface area (Å²) in [4.78, 5) is 12.3. The van der Waals surface area contributed by atoms with Crippen LogP contribution < -0.4 is 5.32 Å². The lowest BCUT2D eigenvalue weighted by Crippen LogP contribution is -2.13. The van der Waals surface area contributed by atoms with Gasteiger partial charge in [-0.3, -0.25) is 9.48 Å². The van der Waals surface area contributed by atoms with Crippen molar-refractivity contribution in [2.75, 3.05) is 5.32 Å². The number of aryl methyl sites for hydroxylation is 1.